The van der Waals surface area contributed by atoms with Gasteiger partial charge in [0.15, 0.2) is 5.82 Å². The van der Waals surface area contributed by atoms with E-state index in [1.165, 1.54) is 0 Å². The summed E-state index contributed by atoms with van der Waals surface area (Å²) >= 11 is 1.10. The van der Waals surface area contributed by atoms with Gasteiger partial charge in [-0.3, -0.25) is 4.98 Å². The van der Waals surface area contributed by atoms with Gasteiger partial charge < -0.3 is 0 Å². The minimum atomic E-state index is 0.381. The van der Waals surface area contributed by atoms with E-state index in [0.717, 1.165) is 17.1 Å². The number of aromatic nitrogens is 3. The molecule has 0 bridgehead atoms. The maximum absolute atomic E-state index is 8.54. The van der Waals surface area contributed by atoms with Gasteiger partial charge in [-0.15, -0.1) is 0 Å². The van der Waals surface area contributed by atoms with Gasteiger partial charge in [0, 0.05) is 18.0 Å². The molecule has 0 atom stereocenters. The lowest BCUT2D eigenvalue weighted by Gasteiger charge is -1.90. The molecule has 2 aromatic heterocycles. The third-order valence-electron chi connectivity index (χ3n) is 1.46. The lowest BCUT2D eigenvalue weighted by atomic mass is 10.3. The van der Waals surface area contributed by atoms with Crippen LogP contribution in [0.2, 0.25) is 0 Å². The standard InChI is InChI=1S/C8H4N4S/c9-5-7-11-8(12-13-7)6-1-3-10-4-2-6/h1-4H. The Kier molecular flexibility index (Phi) is 1.98. The Labute approximate surface area is 78.7 Å². The van der Waals surface area contributed by atoms with Gasteiger partial charge >= 0.3 is 0 Å². The average Bonchev–Trinajstić information content (AvgIpc) is 2.67. The molecule has 0 radical (unpaired) electrons. The molecule has 0 unspecified atom stereocenters. The molecule has 2 aromatic rings. The predicted molar refractivity (Wildman–Crippen MR) is 47.9 cm³/mol. The molecule has 0 spiro atoms. The smallest absolute Gasteiger partial charge is 0.214 e. The first-order valence-electron chi connectivity index (χ1n) is 3.54. The summed E-state index contributed by atoms with van der Waals surface area (Å²) in [6.07, 6.45) is 3.34. The number of hydrogen-bond donors (Lipinski definition) is 0. The molecule has 0 aliphatic carbocycles. The molecule has 0 saturated heterocycles. The van der Waals surface area contributed by atoms with E-state index < -0.39 is 0 Å². The summed E-state index contributed by atoms with van der Waals surface area (Å²) in [5.41, 5.74) is 0.882. The first kappa shape index (κ1) is 7.83. The lowest BCUT2D eigenvalue weighted by molar-refractivity contribution is 1.27. The average molecular weight is 188 g/mol. The lowest BCUT2D eigenvalue weighted by Crippen LogP contribution is -1.80. The number of hydrogen-bond acceptors (Lipinski definition) is 5. The van der Waals surface area contributed by atoms with Crippen LogP contribution in [0.25, 0.3) is 11.4 Å². The summed E-state index contributed by atoms with van der Waals surface area (Å²) < 4.78 is 4.04. The molecule has 2 heterocycles. The van der Waals surface area contributed by atoms with Gasteiger partial charge in [0.05, 0.1) is 0 Å². The fraction of sp³-hybridized carbons (Fsp3) is 0. The van der Waals surface area contributed by atoms with Crippen molar-refractivity contribution in [2.45, 2.75) is 0 Å². The zero-order valence-electron chi connectivity index (χ0n) is 6.51. The minimum Gasteiger partial charge on any atom is -0.265 e. The Morgan fingerprint density at radius 1 is 1.31 bits per heavy atom. The van der Waals surface area contributed by atoms with Crippen LogP contribution in [-0.4, -0.2) is 14.3 Å². The largest absolute Gasteiger partial charge is 0.265 e. The van der Waals surface area contributed by atoms with Crippen molar-refractivity contribution < 1.29 is 0 Å². The predicted octanol–water partition coefficient (Wildman–Crippen LogP) is 1.47. The normalized spacial score (nSPS) is 9.46. The molecule has 0 aromatic carbocycles. The Morgan fingerprint density at radius 2 is 2.08 bits per heavy atom. The van der Waals surface area contributed by atoms with Crippen molar-refractivity contribution in [3.8, 4) is 17.5 Å². The van der Waals surface area contributed by atoms with Crippen LogP contribution in [0.1, 0.15) is 5.01 Å². The van der Waals surface area contributed by atoms with Crippen LogP contribution in [-0.2, 0) is 0 Å². The molecule has 2 rings (SSSR count). The van der Waals surface area contributed by atoms with Crippen LogP contribution >= 0.6 is 11.5 Å². The molecule has 0 amide bonds. The fourth-order valence-corrected chi connectivity index (χ4v) is 1.37. The molecular formula is C8H4N4S. The van der Waals surface area contributed by atoms with Gasteiger partial charge in [-0.1, -0.05) is 0 Å². The highest BCUT2D eigenvalue weighted by Crippen LogP contribution is 2.15. The van der Waals surface area contributed by atoms with Crippen molar-refractivity contribution in [3.05, 3.63) is 29.5 Å². The van der Waals surface area contributed by atoms with Crippen LogP contribution in [0.3, 0.4) is 0 Å². The molecule has 5 heteroatoms. The summed E-state index contributed by atoms with van der Waals surface area (Å²) in [6.45, 7) is 0. The van der Waals surface area contributed by atoms with Gasteiger partial charge in [0.2, 0.25) is 5.01 Å². The molecule has 0 fully saturated rings. The van der Waals surface area contributed by atoms with E-state index in [2.05, 4.69) is 14.3 Å². The van der Waals surface area contributed by atoms with Crippen LogP contribution in [0.5, 0.6) is 0 Å². The van der Waals surface area contributed by atoms with Crippen molar-refractivity contribution in [2.24, 2.45) is 0 Å². The molecule has 0 saturated carbocycles. The summed E-state index contributed by atoms with van der Waals surface area (Å²) in [6, 6.07) is 5.56. The van der Waals surface area contributed by atoms with Gasteiger partial charge in [-0.2, -0.15) is 9.64 Å². The van der Waals surface area contributed by atoms with E-state index in [0.29, 0.717) is 10.8 Å². The molecule has 4 nitrogen and oxygen atoms in total. The third-order valence-corrected chi connectivity index (χ3v) is 2.08. The molecule has 62 valence electrons. The van der Waals surface area contributed by atoms with Crippen LogP contribution < -0.4 is 0 Å². The summed E-state index contributed by atoms with van der Waals surface area (Å²) in [7, 11) is 0. The zero-order valence-corrected chi connectivity index (χ0v) is 7.32. The van der Waals surface area contributed by atoms with Gasteiger partial charge in [-0.05, 0) is 23.7 Å². The summed E-state index contributed by atoms with van der Waals surface area (Å²) in [5.74, 6) is 0.587. The fourth-order valence-electron chi connectivity index (χ4n) is 0.887. The van der Waals surface area contributed by atoms with Crippen molar-refractivity contribution in [1.82, 2.24) is 14.3 Å². The third kappa shape index (κ3) is 1.53. The van der Waals surface area contributed by atoms with Crippen LogP contribution in [0.15, 0.2) is 24.5 Å². The van der Waals surface area contributed by atoms with Crippen LogP contribution in [0, 0.1) is 11.3 Å². The molecule has 0 aliphatic heterocycles. The van der Waals surface area contributed by atoms with Crippen LogP contribution in [0.4, 0.5) is 0 Å². The Hall–Kier alpha value is -1.80. The number of rotatable bonds is 1. The SMILES string of the molecule is N#Cc1nc(-c2ccncc2)ns1. The Morgan fingerprint density at radius 3 is 2.69 bits per heavy atom. The Bertz CT molecular complexity index is 443. The number of pyridine rings is 1. The monoisotopic (exact) mass is 188 g/mol. The highest BCUT2D eigenvalue weighted by atomic mass is 32.1. The maximum atomic E-state index is 8.54. The van der Waals surface area contributed by atoms with E-state index in [9.17, 15) is 0 Å². The zero-order chi connectivity index (χ0) is 9.10. The minimum absolute atomic E-state index is 0.381. The first-order valence-corrected chi connectivity index (χ1v) is 4.31. The highest BCUT2D eigenvalue weighted by Gasteiger charge is 2.04. The van der Waals surface area contributed by atoms with E-state index in [-0.39, 0.29) is 0 Å². The second-order valence-electron chi connectivity index (χ2n) is 2.27. The van der Waals surface area contributed by atoms with Gasteiger partial charge in [0.25, 0.3) is 0 Å². The van der Waals surface area contributed by atoms with Gasteiger partial charge in [0.1, 0.15) is 6.07 Å². The van der Waals surface area contributed by atoms with E-state index in [1.807, 2.05) is 18.2 Å². The highest BCUT2D eigenvalue weighted by molar-refractivity contribution is 7.06. The second-order valence-corrected chi connectivity index (χ2v) is 3.02. The summed E-state index contributed by atoms with van der Waals surface area (Å²) in [5, 5.41) is 8.92. The summed E-state index contributed by atoms with van der Waals surface area (Å²) in [4.78, 5) is 7.90. The second kappa shape index (κ2) is 3.29. The van der Waals surface area contributed by atoms with Crippen molar-refractivity contribution in [3.63, 3.8) is 0 Å². The van der Waals surface area contributed by atoms with Gasteiger partial charge in [-0.25, -0.2) is 4.98 Å². The Balaban J connectivity index is 2.43. The number of nitrogens with zero attached hydrogens (tertiary/aromatic N) is 4. The van der Waals surface area contributed by atoms with E-state index >= 15 is 0 Å². The maximum Gasteiger partial charge on any atom is 0.214 e. The molecule has 0 aliphatic rings. The van der Waals surface area contributed by atoms with Crippen molar-refractivity contribution >= 4 is 11.5 Å². The van der Waals surface area contributed by atoms with Crippen molar-refractivity contribution in [2.75, 3.05) is 0 Å². The van der Waals surface area contributed by atoms with Crippen molar-refractivity contribution in [1.29, 1.82) is 5.26 Å². The van der Waals surface area contributed by atoms with E-state index in [4.69, 9.17) is 5.26 Å². The van der Waals surface area contributed by atoms with E-state index in [1.54, 1.807) is 12.4 Å². The topological polar surface area (TPSA) is 62.5 Å². The molecule has 0 N–H and O–H groups in total. The number of nitriles is 1. The quantitative estimate of drug-likeness (QED) is 0.679. The first-order chi connectivity index (χ1) is 6.40. The molecular weight excluding hydrogens is 184 g/mol. The molecule has 13 heavy (non-hydrogen) atoms.